The number of amides is 1. The van der Waals surface area contributed by atoms with Gasteiger partial charge in [0.1, 0.15) is 11.3 Å². The van der Waals surface area contributed by atoms with Crippen LogP contribution < -0.4 is 5.32 Å². The Morgan fingerprint density at radius 1 is 1.33 bits per heavy atom. The molecule has 0 aliphatic carbocycles. The number of benzene rings is 1. The summed E-state index contributed by atoms with van der Waals surface area (Å²) >= 11 is 1.15. The molecule has 76 valence electrons. The van der Waals surface area contributed by atoms with Gasteiger partial charge in [0.25, 0.3) is 5.91 Å². The Morgan fingerprint density at radius 3 is 2.67 bits per heavy atom. The van der Waals surface area contributed by atoms with Gasteiger partial charge in [-0.3, -0.25) is 4.79 Å². The quantitative estimate of drug-likeness (QED) is 0.846. The van der Waals surface area contributed by atoms with Crippen molar-refractivity contribution in [2.24, 2.45) is 0 Å². The van der Waals surface area contributed by atoms with Crippen LogP contribution in [0.3, 0.4) is 0 Å². The maximum absolute atomic E-state index is 12.6. The van der Waals surface area contributed by atoms with Gasteiger partial charge >= 0.3 is 0 Å². The van der Waals surface area contributed by atoms with Crippen LogP contribution in [0.2, 0.25) is 0 Å². The van der Waals surface area contributed by atoms with Gasteiger partial charge in [-0.25, -0.2) is 4.39 Å². The van der Waals surface area contributed by atoms with Crippen LogP contribution in [0.4, 0.5) is 10.1 Å². The van der Waals surface area contributed by atoms with Crippen LogP contribution in [0.15, 0.2) is 29.8 Å². The van der Waals surface area contributed by atoms with Crippen molar-refractivity contribution in [2.75, 3.05) is 5.32 Å². The normalized spacial score (nSPS) is 9.93. The Kier molecular flexibility index (Phi) is 2.68. The summed E-state index contributed by atoms with van der Waals surface area (Å²) in [4.78, 5) is 11.5. The summed E-state index contributed by atoms with van der Waals surface area (Å²) in [5, 5.41) is 10.0. The summed E-state index contributed by atoms with van der Waals surface area (Å²) in [6.45, 7) is 0. The second kappa shape index (κ2) is 4.14. The zero-order valence-electron chi connectivity index (χ0n) is 7.48. The van der Waals surface area contributed by atoms with Crippen molar-refractivity contribution in [3.8, 4) is 0 Å². The van der Waals surface area contributed by atoms with Gasteiger partial charge in [0.15, 0.2) is 0 Å². The molecular formula is C9H6FN3OS. The lowest BCUT2D eigenvalue weighted by Crippen LogP contribution is -2.11. The summed E-state index contributed by atoms with van der Waals surface area (Å²) in [7, 11) is 0. The van der Waals surface area contributed by atoms with Crippen LogP contribution in [0.25, 0.3) is 0 Å². The maximum atomic E-state index is 12.6. The van der Waals surface area contributed by atoms with E-state index in [2.05, 4.69) is 15.5 Å². The van der Waals surface area contributed by atoms with E-state index in [1.165, 1.54) is 29.8 Å². The first-order chi connectivity index (χ1) is 7.25. The largest absolute Gasteiger partial charge is 0.320 e. The molecule has 1 N–H and O–H groups in total. The zero-order valence-corrected chi connectivity index (χ0v) is 8.29. The monoisotopic (exact) mass is 223 g/mol. The van der Waals surface area contributed by atoms with Gasteiger partial charge in [0, 0.05) is 5.69 Å². The minimum Gasteiger partial charge on any atom is -0.320 e. The van der Waals surface area contributed by atoms with E-state index in [0.717, 1.165) is 11.3 Å². The Hall–Kier alpha value is -1.82. The third-order valence-corrected chi connectivity index (χ3v) is 2.35. The molecule has 2 rings (SSSR count). The molecule has 1 amide bonds. The van der Waals surface area contributed by atoms with Crippen LogP contribution in [0.1, 0.15) is 9.80 Å². The SMILES string of the molecule is O=C(Nc1ccc(F)cc1)c1nncs1. The van der Waals surface area contributed by atoms with E-state index in [0.29, 0.717) is 5.69 Å². The molecule has 0 radical (unpaired) electrons. The smallest absolute Gasteiger partial charge is 0.286 e. The van der Waals surface area contributed by atoms with Crippen molar-refractivity contribution < 1.29 is 9.18 Å². The summed E-state index contributed by atoms with van der Waals surface area (Å²) in [5.41, 5.74) is 2.00. The molecule has 0 spiro atoms. The highest BCUT2D eigenvalue weighted by molar-refractivity contribution is 7.11. The van der Waals surface area contributed by atoms with Crippen LogP contribution in [-0.2, 0) is 0 Å². The Balaban J connectivity index is 2.09. The third kappa shape index (κ3) is 2.35. The van der Waals surface area contributed by atoms with Gasteiger partial charge < -0.3 is 5.32 Å². The first kappa shape index (κ1) is 9.72. The molecule has 4 nitrogen and oxygen atoms in total. The molecule has 2 aromatic rings. The Labute approximate surface area is 88.8 Å². The number of carbonyl (C=O) groups excluding carboxylic acids is 1. The number of nitrogens with zero attached hydrogens (tertiary/aromatic N) is 2. The molecule has 0 aliphatic heterocycles. The molecule has 15 heavy (non-hydrogen) atoms. The van der Waals surface area contributed by atoms with Crippen molar-refractivity contribution in [3.63, 3.8) is 0 Å². The molecule has 6 heteroatoms. The number of hydrogen-bond acceptors (Lipinski definition) is 4. The summed E-state index contributed by atoms with van der Waals surface area (Å²) < 4.78 is 12.6. The molecule has 1 aromatic carbocycles. The molecule has 0 bridgehead atoms. The van der Waals surface area contributed by atoms with Gasteiger partial charge in [-0.1, -0.05) is 11.3 Å². The van der Waals surface area contributed by atoms with E-state index in [1.54, 1.807) is 0 Å². The fraction of sp³-hybridized carbons (Fsp3) is 0. The van der Waals surface area contributed by atoms with Crippen LogP contribution in [0.5, 0.6) is 0 Å². The highest BCUT2D eigenvalue weighted by Crippen LogP contribution is 2.10. The lowest BCUT2D eigenvalue weighted by molar-refractivity contribution is 0.102. The van der Waals surface area contributed by atoms with Crippen molar-refractivity contribution in [1.29, 1.82) is 0 Å². The molecule has 0 fully saturated rings. The van der Waals surface area contributed by atoms with E-state index < -0.39 is 0 Å². The van der Waals surface area contributed by atoms with Crippen LogP contribution >= 0.6 is 11.3 Å². The fourth-order valence-corrected chi connectivity index (χ4v) is 1.44. The van der Waals surface area contributed by atoms with Gasteiger partial charge in [0.2, 0.25) is 5.01 Å². The minimum atomic E-state index is -0.344. The molecule has 1 aromatic heterocycles. The van der Waals surface area contributed by atoms with Crippen LogP contribution in [0, 0.1) is 5.82 Å². The number of aromatic nitrogens is 2. The summed E-state index contributed by atoms with van der Waals surface area (Å²) in [6.07, 6.45) is 0. The highest BCUT2D eigenvalue weighted by atomic mass is 32.1. The zero-order chi connectivity index (χ0) is 10.7. The standard InChI is InChI=1S/C9H6FN3OS/c10-6-1-3-7(4-2-6)12-8(14)9-13-11-5-15-9/h1-5H,(H,12,14). The lowest BCUT2D eigenvalue weighted by Gasteiger charge is -2.01. The first-order valence-electron chi connectivity index (χ1n) is 4.09. The third-order valence-electron chi connectivity index (χ3n) is 1.66. The maximum Gasteiger partial charge on any atom is 0.286 e. The second-order valence-electron chi connectivity index (χ2n) is 2.70. The van der Waals surface area contributed by atoms with E-state index in [4.69, 9.17) is 0 Å². The fourth-order valence-electron chi connectivity index (χ4n) is 0.990. The van der Waals surface area contributed by atoms with Gasteiger partial charge in [-0.05, 0) is 24.3 Å². The highest BCUT2D eigenvalue weighted by Gasteiger charge is 2.08. The topological polar surface area (TPSA) is 54.9 Å². The average Bonchev–Trinajstić information content (AvgIpc) is 2.74. The predicted molar refractivity (Wildman–Crippen MR) is 54.3 cm³/mol. The van der Waals surface area contributed by atoms with E-state index in [9.17, 15) is 9.18 Å². The molecule has 0 aliphatic rings. The summed E-state index contributed by atoms with van der Waals surface area (Å²) in [6, 6.07) is 5.51. The number of carbonyl (C=O) groups is 1. The Morgan fingerprint density at radius 2 is 2.07 bits per heavy atom. The predicted octanol–water partition coefficient (Wildman–Crippen LogP) is 1.93. The number of nitrogens with one attached hydrogen (secondary N) is 1. The van der Waals surface area contributed by atoms with Gasteiger partial charge in [-0.2, -0.15) is 0 Å². The Bertz CT molecular complexity index is 455. The van der Waals surface area contributed by atoms with Crippen LogP contribution in [-0.4, -0.2) is 16.1 Å². The van der Waals surface area contributed by atoms with Crippen molar-refractivity contribution >= 4 is 22.9 Å². The molecule has 1 heterocycles. The molecular weight excluding hydrogens is 217 g/mol. The average molecular weight is 223 g/mol. The minimum absolute atomic E-state index is 0.277. The van der Waals surface area contributed by atoms with Crippen molar-refractivity contribution in [1.82, 2.24) is 10.2 Å². The van der Waals surface area contributed by atoms with Crippen molar-refractivity contribution in [3.05, 3.63) is 40.6 Å². The number of anilines is 1. The number of hydrogen-bond donors (Lipinski definition) is 1. The summed E-state index contributed by atoms with van der Waals surface area (Å²) in [5.74, 6) is -0.687. The first-order valence-corrected chi connectivity index (χ1v) is 4.97. The molecule has 0 saturated heterocycles. The molecule has 0 unspecified atom stereocenters. The number of halogens is 1. The van der Waals surface area contributed by atoms with Crippen molar-refractivity contribution in [2.45, 2.75) is 0 Å². The molecule has 0 saturated carbocycles. The lowest BCUT2D eigenvalue weighted by atomic mass is 10.3. The molecule has 0 atom stereocenters. The van der Waals surface area contributed by atoms with E-state index in [-0.39, 0.29) is 16.7 Å². The van der Waals surface area contributed by atoms with Gasteiger partial charge in [0.05, 0.1) is 0 Å². The number of rotatable bonds is 2. The van der Waals surface area contributed by atoms with E-state index in [1.807, 2.05) is 0 Å². The van der Waals surface area contributed by atoms with Gasteiger partial charge in [-0.15, -0.1) is 10.2 Å². The second-order valence-corrected chi connectivity index (χ2v) is 3.54. The van der Waals surface area contributed by atoms with E-state index >= 15 is 0 Å².